The molecule has 14 heteroatoms. The van der Waals surface area contributed by atoms with E-state index in [-0.39, 0.29) is 40.9 Å². The minimum absolute atomic E-state index is 0.0219. The van der Waals surface area contributed by atoms with Crippen molar-refractivity contribution in [2.24, 2.45) is 5.73 Å². The molecule has 3 amide bonds. The fourth-order valence-corrected chi connectivity index (χ4v) is 4.04. The van der Waals surface area contributed by atoms with E-state index in [4.69, 9.17) is 20.6 Å². The van der Waals surface area contributed by atoms with Crippen LogP contribution in [-0.2, 0) is 15.7 Å². The quantitative estimate of drug-likeness (QED) is 0.363. The maximum atomic E-state index is 13.8. The van der Waals surface area contributed by atoms with Crippen LogP contribution in [0.25, 0.3) is 0 Å². The monoisotopic (exact) mass is 525 g/mol. The second-order valence-corrected chi connectivity index (χ2v) is 8.27. The molecule has 1 aromatic carbocycles. The Morgan fingerprint density at radius 3 is 2.53 bits per heavy atom. The Morgan fingerprint density at radius 1 is 1.25 bits per heavy atom. The highest BCUT2D eigenvalue weighted by Crippen LogP contribution is 2.37. The van der Waals surface area contributed by atoms with Crippen LogP contribution in [0.4, 0.5) is 24.5 Å². The number of primary amides is 1. The van der Waals surface area contributed by atoms with Gasteiger partial charge >= 0.3 is 6.18 Å². The van der Waals surface area contributed by atoms with Gasteiger partial charge in [0.2, 0.25) is 0 Å². The Morgan fingerprint density at radius 2 is 1.97 bits per heavy atom. The predicted molar refractivity (Wildman–Crippen MR) is 124 cm³/mol. The standard InChI is InChI=1S/C22H22F3N5O5S/c1-11-6-7-14(35-11)17(20(32)28-8-9-34-2)30(13-5-3-4-12(10-13)22(23,24)25)21(33)18-15(26)16(19(27)31)29-36-18/h3-7,10,17H,8-9,26H2,1-2H3,(H2,27,31)(H,28,32)/t17-/m1/s1. The number of rotatable bonds is 9. The van der Waals surface area contributed by atoms with Gasteiger partial charge in [-0.2, -0.15) is 17.5 Å². The lowest BCUT2D eigenvalue weighted by Gasteiger charge is -2.30. The summed E-state index contributed by atoms with van der Waals surface area (Å²) in [4.78, 5) is 39.2. The molecule has 0 radical (unpaired) electrons. The van der Waals surface area contributed by atoms with Gasteiger partial charge in [-0.1, -0.05) is 6.07 Å². The molecule has 0 fully saturated rings. The molecular formula is C22H22F3N5O5S. The molecule has 0 aliphatic heterocycles. The van der Waals surface area contributed by atoms with Crippen molar-refractivity contribution in [3.05, 3.63) is 64.1 Å². The number of aryl methyl sites for hydroxylation is 1. The van der Waals surface area contributed by atoms with Gasteiger partial charge in [0.05, 0.1) is 17.9 Å². The van der Waals surface area contributed by atoms with E-state index < -0.39 is 35.5 Å². The summed E-state index contributed by atoms with van der Waals surface area (Å²) in [5.41, 5.74) is 9.10. The molecule has 36 heavy (non-hydrogen) atoms. The topological polar surface area (TPSA) is 154 Å². The van der Waals surface area contributed by atoms with Crippen molar-refractivity contribution in [3.63, 3.8) is 0 Å². The molecule has 5 N–H and O–H groups in total. The third kappa shape index (κ3) is 5.66. The van der Waals surface area contributed by atoms with Crippen molar-refractivity contribution in [1.82, 2.24) is 9.69 Å². The van der Waals surface area contributed by atoms with Crippen LogP contribution in [0.5, 0.6) is 0 Å². The first kappa shape index (κ1) is 26.7. The van der Waals surface area contributed by atoms with Gasteiger partial charge in [0.1, 0.15) is 16.4 Å². The van der Waals surface area contributed by atoms with Gasteiger partial charge in [-0.05, 0) is 48.8 Å². The molecule has 192 valence electrons. The molecule has 3 aromatic rings. The summed E-state index contributed by atoms with van der Waals surface area (Å²) in [7, 11) is 1.42. The van der Waals surface area contributed by atoms with Crippen molar-refractivity contribution in [3.8, 4) is 0 Å². The number of carbonyl (C=O) groups is 3. The van der Waals surface area contributed by atoms with Gasteiger partial charge in [-0.3, -0.25) is 19.3 Å². The Bertz CT molecular complexity index is 1270. The number of aromatic nitrogens is 1. The van der Waals surface area contributed by atoms with E-state index in [0.29, 0.717) is 17.3 Å². The van der Waals surface area contributed by atoms with Gasteiger partial charge < -0.3 is 25.9 Å². The molecule has 10 nitrogen and oxygen atoms in total. The Balaban J connectivity index is 2.21. The highest BCUT2D eigenvalue weighted by atomic mass is 32.1. The second-order valence-electron chi connectivity index (χ2n) is 7.50. The largest absolute Gasteiger partial charge is 0.464 e. The number of alkyl halides is 3. The Kier molecular flexibility index (Phi) is 8.00. The van der Waals surface area contributed by atoms with Crippen LogP contribution in [0.2, 0.25) is 0 Å². The first-order valence-electron chi connectivity index (χ1n) is 10.3. The van der Waals surface area contributed by atoms with E-state index in [2.05, 4.69) is 9.69 Å². The minimum atomic E-state index is -4.73. The molecule has 0 saturated carbocycles. The number of carbonyl (C=O) groups excluding carboxylic acids is 3. The molecule has 3 rings (SSSR count). The van der Waals surface area contributed by atoms with Gasteiger partial charge in [-0.15, -0.1) is 0 Å². The number of hydrogen-bond donors (Lipinski definition) is 3. The SMILES string of the molecule is COCCNC(=O)[C@@H](c1ccc(C)o1)N(C(=O)c1snc(C(N)=O)c1N)c1cccc(C(F)(F)F)c1. The molecule has 2 heterocycles. The predicted octanol–water partition coefficient (Wildman–Crippen LogP) is 2.90. The van der Waals surface area contributed by atoms with E-state index in [9.17, 15) is 27.6 Å². The molecule has 0 unspecified atom stereocenters. The Hall–Kier alpha value is -3.91. The summed E-state index contributed by atoms with van der Waals surface area (Å²) in [5.74, 6) is -2.37. The number of nitrogens with one attached hydrogen (secondary N) is 1. The number of nitrogen functional groups attached to an aromatic ring is 1. The average molecular weight is 526 g/mol. The van der Waals surface area contributed by atoms with Crippen LogP contribution in [0, 0.1) is 6.92 Å². The van der Waals surface area contributed by atoms with Crippen LogP contribution < -0.4 is 21.7 Å². The van der Waals surface area contributed by atoms with Crippen LogP contribution in [0.15, 0.2) is 40.8 Å². The zero-order valence-electron chi connectivity index (χ0n) is 19.1. The van der Waals surface area contributed by atoms with Crippen molar-refractivity contribution in [2.75, 3.05) is 30.9 Å². The van der Waals surface area contributed by atoms with Crippen LogP contribution in [-0.4, -0.2) is 42.4 Å². The zero-order valence-corrected chi connectivity index (χ0v) is 19.9. The number of halogens is 3. The summed E-state index contributed by atoms with van der Waals surface area (Å²) in [6.45, 7) is 1.78. The first-order chi connectivity index (χ1) is 17.0. The zero-order chi connectivity index (χ0) is 26.6. The maximum Gasteiger partial charge on any atom is 0.416 e. The third-order valence-electron chi connectivity index (χ3n) is 4.97. The van der Waals surface area contributed by atoms with Gasteiger partial charge in [0, 0.05) is 19.3 Å². The molecule has 0 bridgehead atoms. The number of nitrogens with zero attached hydrogens (tertiary/aromatic N) is 2. The molecule has 0 spiro atoms. The normalized spacial score (nSPS) is 12.2. The van der Waals surface area contributed by atoms with E-state index in [0.717, 1.165) is 23.1 Å². The first-order valence-corrected chi connectivity index (χ1v) is 11.1. The summed E-state index contributed by atoms with van der Waals surface area (Å²) in [5, 5.41) is 2.57. The van der Waals surface area contributed by atoms with Gasteiger partial charge in [0.25, 0.3) is 17.7 Å². The van der Waals surface area contributed by atoms with E-state index >= 15 is 0 Å². The molecule has 0 saturated heterocycles. The lowest BCUT2D eigenvalue weighted by molar-refractivity contribution is -0.137. The van der Waals surface area contributed by atoms with E-state index in [1.807, 2.05) is 0 Å². The molecule has 0 aliphatic rings. The summed E-state index contributed by atoms with van der Waals surface area (Å²) < 4.78 is 54.8. The number of anilines is 2. The minimum Gasteiger partial charge on any atom is -0.464 e. The number of furan rings is 1. The fraction of sp³-hybridized carbons (Fsp3) is 0.273. The number of amides is 3. The number of benzene rings is 1. The molecular weight excluding hydrogens is 503 g/mol. The highest BCUT2D eigenvalue weighted by molar-refractivity contribution is 7.09. The fourth-order valence-electron chi connectivity index (χ4n) is 3.30. The van der Waals surface area contributed by atoms with Crippen molar-refractivity contribution < 1.29 is 36.7 Å². The molecule has 2 aromatic heterocycles. The lowest BCUT2D eigenvalue weighted by atomic mass is 10.1. The summed E-state index contributed by atoms with van der Waals surface area (Å²) >= 11 is 0.525. The maximum absolute atomic E-state index is 13.8. The van der Waals surface area contributed by atoms with Crippen LogP contribution in [0.1, 0.15) is 43.3 Å². The summed E-state index contributed by atoms with van der Waals surface area (Å²) in [6.07, 6.45) is -4.73. The third-order valence-corrected chi connectivity index (χ3v) is 5.82. The molecule has 1 atom stereocenters. The lowest BCUT2D eigenvalue weighted by Crippen LogP contribution is -2.44. The molecule has 0 aliphatic carbocycles. The second kappa shape index (κ2) is 10.8. The highest BCUT2D eigenvalue weighted by Gasteiger charge is 2.39. The van der Waals surface area contributed by atoms with Crippen molar-refractivity contribution >= 4 is 40.6 Å². The summed E-state index contributed by atoms with van der Waals surface area (Å²) in [6, 6.07) is 5.27. The van der Waals surface area contributed by atoms with Crippen LogP contribution >= 0.6 is 11.5 Å². The van der Waals surface area contributed by atoms with E-state index in [1.165, 1.54) is 25.3 Å². The van der Waals surface area contributed by atoms with Crippen molar-refractivity contribution in [1.29, 1.82) is 0 Å². The number of methoxy groups -OCH3 is 1. The number of ether oxygens (including phenoxy) is 1. The number of nitrogens with two attached hydrogens (primary N) is 2. The van der Waals surface area contributed by atoms with E-state index in [1.54, 1.807) is 6.92 Å². The van der Waals surface area contributed by atoms with Crippen molar-refractivity contribution in [2.45, 2.75) is 19.1 Å². The Labute approximate surface area is 207 Å². The number of hydrogen-bond acceptors (Lipinski definition) is 8. The van der Waals surface area contributed by atoms with Gasteiger partial charge in [0.15, 0.2) is 11.7 Å². The smallest absolute Gasteiger partial charge is 0.416 e. The average Bonchev–Trinajstić information content (AvgIpc) is 3.41. The van der Waals surface area contributed by atoms with Crippen LogP contribution in [0.3, 0.4) is 0 Å². The van der Waals surface area contributed by atoms with Gasteiger partial charge in [-0.25, -0.2) is 0 Å².